The summed E-state index contributed by atoms with van der Waals surface area (Å²) in [5.41, 5.74) is 2.58. The Morgan fingerprint density at radius 1 is 0.735 bits per heavy atom. The fourth-order valence-corrected chi connectivity index (χ4v) is 4.43. The number of para-hydroxylation sites is 1. The van der Waals surface area contributed by atoms with Crippen LogP contribution in [-0.2, 0) is 11.2 Å². The molecule has 0 aliphatic rings. The Morgan fingerprint density at radius 2 is 1.35 bits per heavy atom. The molecule has 0 aliphatic heterocycles. The molecule has 0 radical (unpaired) electrons. The van der Waals surface area contributed by atoms with Gasteiger partial charge < -0.3 is 4.74 Å². The van der Waals surface area contributed by atoms with Crippen molar-refractivity contribution in [1.29, 1.82) is 0 Å². The maximum absolute atomic E-state index is 12.3. The molecule has 0 amide bonds. The Kier molecular flexibility index (Phi) is 13.6. The standard InChI is InChI=1S/C31H48NO2/c1-4-5-6-7-8-9-10-14-27-34-31-24-22-28(23-25-31)17-15-20-30(33)21-16-26-32(2,3)29-18-12-11-13-19-29/h11-13,18-19,22-25H,4-10,14-17,20-21,26-27H2,1-3H3/q+1. The lowest BCUT2D eigenvalue weighted by Crippen LogP contribution is -2.41. The Hall–Kier alpha value is -2.13. The molecule has 3 nitrogen and oxygen atoms in total. The van der Waals surface area contributed by atoms with Crippen LogP contribution in [0.25, 0.3) is 0 Å². The Bertz CT molecular complexity index is 783. The lowest BCUT2D eigenvalue weighted by atomic mass is 10.0. The SMILES string of the molecule is CCCCCCCCCCOc1ccc(CCCC(=O)CCC[N+](C)(C)c2ccccc2)cc1. The molecule has 0 bridgehead atoms. The number of rotatable bonds is 19. The highest BCUT2D eigenvalue weighted by atomic mass is 16.5. The van der Waals surface area contributed by atoms with Gasteiger partial charge in [0.25, 0.3) is 0 Å². The molecule has 0 N–H and O–H groups in total. The predicted molar refractivity (Wildman–Crippen MR) is 147 cm³/mol. The van der Waals surface area contributed by atoms with Crippen molar-refractivity contribution in [3.8, 4) is 5.75 Å². The fourth-order valence-electron chi connectivity index (χ4n) is 4.43. The topological polar surface area (TPSA) is 26.3 Å². The first-order valence-electron chi connectivity index (χ1n) is 13.6. The molecule has 0 saturated carbocycles. The number of hydrogen-bond donors (Lipinski definition) is 0. The quantitative estimate of drug-likeness (QED) is 0.154. The van der Waals surface area contributed by atoms with E-state index in [1.54, 1.807) is 0 Å². The molecular formula is C31H48NO2+. The summed E-state index contributed by atoms with van der Waals surface area (Å²) in [5.74, 6) is 1.35. The molecular weight excluding hydrogens is 418 g/mol. The second-order valence-electron chi connectivity index (χ2n) is 10.2. The van der Waals surface area contributed by atoms with Gasteiger partial charge in [-0.1, -0.05) is 82.2 Å². The number of ketones is 1. The largest absolute Gasteiger partial charge is 0.494 e. The van der Waals surface area contributed by atoms with Crippen molar-refractivity contribution in [2.24, 2.45) is 0 Å². The molecule has 0 heterocycles. The number of aryl methyl sites for hydroxylation is 1. The number of quaternary nitrogens is 1. The van der Waals surface area contributed by atoms with E-state index >= 15 is 0 Å². The highest BCUT2D eigenvalue weighted by Crippen LogP contribution is 2.19. The van der Waals surface area contributed by atoms with Crippen LogP contribution in [0.3, 0.4) is 0 Å². The Morgan fingerprint density at radius 3 is 2.03 bits per heavy atom. The molecule has 0 spiro atoms. The number of carbonyl (C=O) groups is 1. The van der Waals surface area contributed by atoms with E-state index in [1.807, 2.05) is 6.07 Å². The lowest BCUT2D eigenvalue weighted by molar-refractivity contribution is -0.119. The second kappa shape index (κ2) is 16.5. The van der Waals surface area contributed by atoms with Gasteiger partial charge in [-0.25, -0.2) is 0 Å². The van der Waals surface area contributed by atoms with Crippen LogP contribution >= 0.6 is 0 Å². The van der Waals surface area contributed by atoms with Gasteiger partial charge in [-0.3, -0.25) is 9.28 Å². The first-order valence-corrected chi connectivity index (χ1v) is 13.6. The lowest BCUT2D eigenvalue weighted by Gasteiger charge is -2.29. The zero-order chi connectivity index (χ0) is 24.5. The molecule has 0 saturated heterocycles. The molecule has 0 atom stereocenters. The maximum atomic E-state index is 12.3. The number of benzene rings is 2. The predicted octanol–water partition coefficient (Wildman–Crippen LogP) is 8.15. The van der Waals surface area contributed by atoms with Crippen LogP contribution in [0.4, 0.5) is 5.69 Å². The van der Waals surface area contributed by atoms with Gasteiger partial charge in [0.2, 0.25) is 0 Å². The van der Waals surface area contributed by atoms with Crippen molar-refractivity contribution in [1.82, 2.24) is 4.48 Å². The third kappa shape index (κ3) is 11.8. The summed E-state index contributed by atoms with van der Waals surface area (Å²) >= 11 is 0. The van der Waals surface area contributed by atoms with Crippen molar-refractivity contribution in [2.75, 3.05) is 27.2 Å². The molecule has 3 heteroatoms. The van der Waals surface area contributed by atoms with Gasteiger partial charge in [-0.2, -0.15) is 0 Å². The van der Waals surface area contributed by atoms with Gasteiger partial charge in [-0.05, 0) is 49.1 Å². The van der Waals surface area contributed by atoms with Gasteiger partial charge in [0, 0.05) is 19.3 Å². The normalized spacial score (nSPS) is 11.5. The smallest absolute Gasteiger partial charge is 0.133 e. The van der Waals surface area contributed by atoms with Crippen molar-refractivity contribution in [2.45, 2.75) is 90.4 Å². The second-order valence-corrected chi connectivity index (χ2v) is 10.2. The molecule has 0 fully saturated rings. The first kappa shape index (κ1) is 28.1. The summed E-state index contributed by atoms with van der Waals surface area (Å²) in [6.07, 6.45) is 14.7. The Labute approximate surface area is 209 Å². The van der Waals surface area contributed by atoms with E-state index in [0.717, 1.165) is 49.1 Å². The zero-order valence-corrected chi connectivity index (χ0v) is 22.1. The van der Waals surface area contributed by atoms with Crippen LogP contribution in [-0.4, -0.2) is 33.0 Å². The van der Waals surface area contributed by atoms with E-state index in [0.29, 0.717) is 18.6 Å². The summed E-state index contributed by atoms with van der Waals surface area (Å²) in [6.45, 7) is 4.06. The minimum absolute atomic E-state index is 0.387. The number of Topliss-reactive ketones (excluding diaryl/α,β-unsaturated/α-hetero) is 1. The van der Waals surface area contributed by atoms with Gasteiger partial charge in [0.1, 0.15) is 17.2 Å². The number of carbonyl (C=O) groups excluding carboxylic acids is 1. The molecule has 0 unspecified atom stereocenters. The molecule has 0 aromatic heterocycles. The van der Waals surface area contributed by atoms with Gasteiger partial charge in [0.15, 0.2) is 0 Å². The number of nitrogens with zero attached hydrogens (tertiary/aromatic N) is 1. The number of unbranched alkanes of at least 4 members (excludes halogenated alkanes) is 7. The van der Waals surface area contributed by atoms with Crippen LogP contribution in [0.5, 0.6) is 5.75 Å². The summed E-state index contributed by atoms with van der Waals surface area (Å²) in [6, 6.07) is 19.0. The van der Waals surface area contributed by atoms with Crippen LogP contribution < -0.4 is 9.22 Å². The van der Waals surface area contributed by atoms with Crippen LogP contribution in [0.2, 0.25) is 0 Å². The average molecular weight is 467 g/mol. The van der Waals surface area contributed by atoms with Crippen molar-refractivity contribution in [3.05, 3.63) is 60.2 Å². The van der Waals surface area contributed by atoms with Gasteiger partial charge >= 0.3 is 0 Å². The minimum atomic E-state index is 0.387. The zero-order valence-electron chi connectivity index (χ0n) is 22.1. The fraction of sp³-hybridized carbons (Fsp3) is 0.581. The first-order chi connectivity index (χ1) is 16.5. The molecule has 2 rings (SSSR count). The van der Waals surface area contributed by atoms with E-state index < -0.39 is 0 Å². The average Bonchev–Trinajstić information content (AvgIpc) is 2.84. The maximum Gasteiger partial charge on any atom is 0.133 e. The van der Waals surface area contributed by atoms with E-state index in [-0.39, 0.29) is 0 Å². The Balaban J connectivity index is 1.52. The van der Waals surface area contributed by atoms with E-state index in [4.69, 9.17) is 4.74 Å². The van der Waals surface area contributed by atoms with E-state index in [9.17, 15) is 4.79 Å². The van der Waals surface area contributed by atoms with Crippen molar-refractivity contribution >= 4 is 11.5 Å². The van der Waals surface area contributed by atoms with Crippen LogP contribution in [0.15, 0.2) is 54.6 Å². The van der Waals surface area contributed by atoms with Gasteiger partial charge in [0.05, 0.1) is 27.2 Å². The number of ether oxygens (including phenoxy) is 1. The van der Waals surface area contributed by atoms with Crippen molar-refractivity contribution < 1.29 is 9.53 Å². The van der Waals surface area contributed by atoms with Crippen molar-refractivity contribution in [3.63, 3.8) is 0 Å². The highest BCUT2D eigenvalue weighted by molar-refractivity contribution is 5.78. The third-order valence-electron chi connectivity index (χ3n) is 6.74. The molecule has 34 heavy (non-hydrogen) atoms. The number of hydrogen-bond acceptors (Lipinski definition) is 2. The summed E-state index contributed by atoms with van der Waals surface area (Å²) in [5, 5.41) is 0. The molecule has 2 aromatic rings. The third-order valence-corrected chi connectivity index (χ3v) is 6.74. The summed E-state index contributed by atoms with van der Waals surface area (Å²) in [7, 11) is 4.42. The minimum Gasteiger partial charge on any atom is -0.494 e. The van der Waals surface area contributed by atoms with E-state index in [2.05, 4.69) is 69.6 Å². The highest BCUT2D eigenvalue weighted by Gasteiger charge is 2.18. The molecule has 0 aliphatic carbocycles. The van der Waals surface area contributed by atoms with Crippen LogP contribution in [0, 0.1) is 0 Å². The molecule has 188 valence electrons. The van der Waals surface area contributed by atoms with E-state index in [1.165, 1.54) is 56.2 Å². The van der Waals surface area contributed by atoms with Crippen LogP contribution in [0.1, 0.15) is 89.5 Å². The molecule has 2 aromatic carbocycles. The monoisotopic (exact) mass is 466 g/mol. The summed E-state index contributed by atoms with van der Waals surface area (Å²) in [4.78, 5) is 12.3. The summed E-state index contributed by atoms with van der Waals surface area (Å²) < 4.78 is 6.72. The van der Waals surface area contributed by atoms with Gasteiger partial charge in [-0.15, -0.1) is 0 Å².